The number of quaternary nitrogens is 1. The van der Waals surface area contributed by atoms with Gasteiger partial charge in [-0.2, -0.15) is 0 Å². The number of likely N-dealkylation sites (N-methyl/N-ethyl adjacent to an activating group) is 1. The Morgan fingerprint density at radius 2 is 0.770 bits per heavy atom. The van der Waals surface area contributed by atoms with Gasteiger partial charge in [0.2, 0.25) is 0 Å². The molecule has 0 aromatic rings. The first kappa shape index (κ1) is 72.0. The number of hydrogen-bond acceptors (Lipinski definition) is 8. The summed E-state index contributed by atoms with van der Waals surface area (Å²) in [5, 5.41) is 0. The summed E-state index contributed by atoms with van der Waals surface area (Å²) in [6, 6.07) is 0. The molecule has 0 amide bonds. The van der Waals surface area contributed by atoms with E-state index < -0.39 is 26.5 Å². The highest BCUT2D eigenvalue weighted by Crippen LogP contribution is 2.38. The van der Waals surface area contributed by atoms with E-state index in [1.54, 1.807) is 0 Å². The SMILES string of the molecule is CC/C=C\C/C=C\C/C=C\C/C=C\CCCCCCCCCCC(=O)OC(COC(=O)CCCCCCCCCCCCCCCCCCCCCCCCCCCCCCC)COP(=O)([O-])OCC[N+](C)(C)C. The number of allylic oxidation sites excluding steroid dienone is 8. The number of esters is 2. The van der Waals surface area contributed by atoms with Crippen LogP contribution in [0.2, 0.25) is 0 Å². The van der Waals surface area contributed by atoms with Gasteiger partial charge in [0.15, 0.2) is 6.10 Å². The molecule has 0 saturated carbocycles. The van der Waals surface area contributed by atoms with Crippen molar-refractivity contribution >= 4 is 19.8 Å². The Bertz CT molecular complexity index is 1390. The summed E-state index contributed by atoms with van der Waals surface area (Å²) in [6.07, 6.45) is 70.3. The maximum Gasteiger partial charge on any atom is 0.306 e. The van der Waals surface area contributed by atoms with E-state index >= 15 is 0 Å². The van der Waals surface area contributed by atoms with Crippen LogP contribution in [0, 0.1) is 0 Å². The van der Waals surface area contributed by atoms with Crippen LogP contribution in [0.15, 0.2) is 48.6 Å². The Balaban J connectivity index is 4.06. The minimum absolute atomic E-state index is 0.0323. The lowest BCUT2D eigenvalue weighted by Gasteiger charge is -2.28. The molecule has 0 aliphatic carbocycles. The fourth-order valence-electron chi connectivity index (χ4n) is 9.06. The van der Waals surface area contributed by atoms with Crippen molar-refractivity contribution < 1.29 is 42.1 Å². The Kier molecular flexibility index (Phi) is 54.2. The average Bonchev–Trinajstić information content (AvgIpc) is 3.36. The number of ether oxygens (including phenoxy) is 2. The Hall–Kier alpha value is -2.03. The number of nitrogens with zero attached hydrogens (tertiary/aromatic N) is 1. The van der Waals surface area contributed by atoms with Crippen LogP contribution in [0.4, 0.5) is 0 Å². The molecule has 0 N–H and O–H groups in total. The molecule has 2 atom stereocenters. The van der Waals surface area contributed by atoms with Gasteiger partial charge in [0.05, 0.1) is 27.7 Å². The number of rotatable bonds is 58. The van der Waals surface area contributed by atoms with Crippen molar-refractivity contribution in [2.75, 3.05) is 47.5 Å². The van der Waals surface area contributed by atoms with Gasteiger partial charge in [0.25, 0.3) is 7.82 Å². The van der Waals surface area contributed by atoms with Crippen LogP contribution >= 0.6 is 7.82 Å². The average molecular weight is 1060 g/mol. The molecular formula is C64H120NO8P. The molecule has 0 rings (SSSR count). The van der Waals surface area contributed by atoms with Gasteiger partial charge in [-0.15, -0.1) is 0 Å². The number of hydrogen-bond donors (Lipinski definition) is 0. The summed E-state index contributed by atoms with van der Waals surface area (Å²) in [5.41, 5.74) is 0. The second-order valence-corrected chi connectivity index (χ2v) is 23.8. The van der Waals surface area contributed by atoms with E-state index in [2.05, 4.69) is 62.5 Å². The van der Waals surface area contributed by atoms with Crippen molar-refractivity contribution in [3.05, 3.63) is 48.6 Å². The molecule has 74 heavy (non-hydrogen) atoms. The third-order valence-electron chi connectivity index (χ3n) is 13.9. The van der Waals surface area contributed by atoms with Gasteiger partial charge in [0.1, 0.15) is 19.8 Å². The number of unbranched alkanes of at least 4 members (excludes halogenated alkanes) is 36. The zero-order valence-electron chi connectivity index (χ0n) is 49.3. The second-order valence-electron chi connectivity index (χ2n) is 22.4. The lowest BCUT2D eigenvalue weighted by Crippen LogP contribution is -2.37. The van der Waals surface area contributed by atoms with E-state index in [1.165, 1.54) is 193 Å². The van der Waals surface area contributed by atoms with Gasteiger partial charge < -0.3 is 27.9 Å². The van der Waals surface area contributed by atoms with E-state index in [0.29, 0.717) is 17.4 Å². The highest BCUT2D eigenvalue weighted by molar-refractivity contribution is 7.45. The highest BCUT2D eigenvalue weighted by Gasteiger charge is 2.22. The molecule has 0 aliphatic heterocycles. The summed E-state index contributed by atoms with van der Waals surface area (Å²) in [4.78, 5) is 37.9. The van der Waals surface area contributed by atoms with Crippen LogP contribution in [0.1, 0.15) is 296 Å². The fourth-order valence-corrected chi connectivity index (χ4v) is 9.79. The molecule has 10 heteroatoms. The molecule has 9 nitrogen and oxygen atoms in total. The fraction of sp³-hybridized carbons (Fsp3) is 0.844. The minimum Gasteiger partial charge on any atom is -0.756 e. The van der Waals surface area contributed by atoms with E-state index in [1.807, 2.05) is 21.1 Å². The van der Waals surface area contributed by atoms with E-state index in [-0.39, 0.29) is 32.0 Å². The minimum atomic E-state index is -4.64. The van der Waals surface area contributed by atoms with Crippen LogP contribution < -0.4 is 4.89 Å². The summed E-state index contributed by atoms with van der Waals surface area (Å²) >= 11 is 0. The monoisotopic (exact) mass is 1060 g/mol. The van der Waals surface area contributed by atoms with Gasteiger partial charge >= 0.3 is 11.9 Å². The van der Waals surface area contributed by atoms with Crippen molar-refractivity contribution in [3.8, 4) is 0 Å². The van der Waals surface area contributed by atoms with Crippen molar-refractivity contribution in [2.45, 2.75) is 302 Å². The smallest absolute Gasteiger partial charge is 0.306 e. The predicted octanol–water partition coefficient (Wildman–Crippen LogP) is 19.1. The Morgan fingerprint density at radius 3 is 1.15 bits per heavy atom. The van der Waals surface area contributed by atoms with Crippen molar-refractivity contribution in [3.63, 3.8) is 0 Å². The van der Waals surface area contributed by atoms with Crippen LogP contribution in [0.25, 0.3) is 0 Å². The number of carbonyl (C=O) groups is 2. The molecule has 0 radical (unpaired) electrons. The summed E-state index contributed by atoms with van der Waals surface area (Å²) in [6.45, 7) is 4.16. The maximum absolute atomic E-state index is 12.8. The quantitative estimate of drug-likeness (QED) is 0.0195. The van der Waals surface area contributed by atoms with E-state index in [9.17, 15) is 19.0 Å². The molecule has 0 heterocycles. The molecule has 0 fully saturated rings. The Labute approximate surface area is 458 Å². The molecule has 0 spiro atoms. The lowest BCUT2D eigenvalue weighted by atomic mass is 10.0. The van der Waals surface area contributed by atoms with Crippen LogP contribution in [-0.4, -0.2) is 70.0 Å². The van der Waals surface area contributed by atoms with Crippen LogP contribution in [-0.2, 0) is 32.7 Å². The zero-order chi connectivity index (χ0) is 54.2. The second kappa shape index (κ2) is 55.7. The third-order valence-corrected chi connectivity index (χ3v) is 14.8. The van der Waals surface area contributed by atoms with E-state index in [0.717, 1.165) is 70.6 Å². The van der Waals surface area contributed by atoms with Crippen LogP contribution in [0.3, 0.4) is 0 Å². The topological polar surface area (TPSA) is 111 Å². The summed E-state index contributed by atoms with van der Waals surface area (Å²) in [7, 11) is 1.17. The molecule has 0 aromatic carbocycles. The number of phosphoric acid groups is 1. The van der Waals surface area contributed by atoms with Crippen LogP contribution in [0.5, 0.6) is 0 Å². The molecule has 434 valence electrons. The third kappa shape index (κ3) is 59.2. The summed E-state index contributed by atoms with van der Waals surface area (Å²) in [5.74, 6) is -0.830. The number of carbonyl (C=O) groups excluding carboxylic acids is 2. The molecule has 2 unspecified atom stereocenters. The molecule has 0 saturated heterocycles. The standard InChI is InChI=1S/C64H120NO8P/c1-6-8-10-12-14-16-18-20-22-24-26-28-29-30-31-32-33-34-35-37-38-40-42-44-46-48-50-52-54-56-63(66)70-60-62(61-72-74(68,69)71-59-58-65(3,4)5)73-64(67)57-55-53-51-49-47-45-43-41-39-36-27-25-23-21-19-17-15-13-11-9-7-2/h9,11,15,17,21,23,27,36,62H,6-8,10,12-14,16,18-20,22,24-26,28-35,37-61H2,1-5H3/b11-9-,17-15-,23-21-,36-27-. The molecule has 0 aliphatic rings. The zero-order valence-corrected chi connectivity index (χ0v) is 50.2. The molecular weight excluding hydrogens is 942 g/mol. The normalized spacial score (nSPS) is 13.5. The largest absolute Gasteiger partial charge is 0.756 e. The van der Waals surface area contributed by atoms with Crippen molar-refractivity contribution in [2.24, 2.45) is 0 Å². The summed E-state index contributed by atoms with van der Waals surface area (Å²) < 4.78 is 34.2. The Morgan fingerprint density at radius 1 is 0.432 bits per heavy atom. The van der Waals surface area contributed by atoms with Gasteiger partial charge in [-0.1, -0.05) is 281 Å². The van der Waals surface area contributed by atoms with Gasteiger partial charge in [-0.3, -0.25) is 14.2 Å². The predicted molar refractivity (Wildman–Crippen MR) is 314 cm³/mol. The highest BCUT2D eigenvalue weighted by atomic mass is 31.2. The van der Waals surface area contributed by atoms with E-state index in [4.69, 9.17) is 18.5 Å². The van der Waals surface area contributed by atoms with Crippen molar-refractivity contribution in [1.29, 1.82) is 0 Å². The van der Waals surface area contributed by atoms with Gasteiger partial charge in [0, 0.05) is 12.8 Å². The first-order valence-electron chi connectivity index (χ1n) is 31.3. The number of phosphoric ester groups is 1. The molecule has 0 bridgehead atoms. The van der Waals surface area contributed by atoms with Gasteiger partial charge in [-0.05, 0) is 51.4 Å². The van der Waals surface area contributed by atoms with Crippen molar-refractivity contribution in [1.82, 2.24) is 0 Å². The first-order chi connectivity index (χ1) is 36.0. The van der Waals surface area contributed by atoms with Gasteiger partial charge in [-0.25, -0.2) is 0 Å². The molecule has 0 aromatic heterocycles. The first-order valence-corrected chi connectivity index (χ1v) is 32.8. The maximum atomic E-state index is 12.8. The lowest BCUT2D eigenvalue weighted by molar-refractivity contribution is -0.870.